The van der Waals surface area contributed by atoms with E-state index in [1.807, 2.05) is 6.92 Å². The van der Waals surface area contributed by atoms with Crippen molar-refractivity contribution >= 4 is 23.4 Å². The number of esters is 1. The molecule has 142 valence electrons. The Bertz CT molecular complexity index is 881. The maximum atomic E-state index is 14.1. The van der Waals surface area contributed by atoms with Crippen LogP contribution in [0.1, 0.15) is 34.8 Å². The molecule has 0 bridgehead atoms. The van der Waals surface area contributed by atoms with Gasteiger partial charge < -0.3 is 14.8 Å². The van der Waals surface area contributed by atoms with E-state index in [4.69, 9.17) is 9.47 Å². The van der Waals surface area contributed by atoms with Crippen LogP contribution in [0.15, 0.2) is 29.3 Å². The topological polar surface area (TPSA) is 60.5 Å². The Morgan fingerprint density at radius 3 is 2.96 bits per heavy atom. The van der Waals surface area contributed by atoms with Crippen molar-refractivity contribution in [3.8, 4) is 17.6 Å². The van der Waals surface area contributed by atoms with Crippen LogP contribution in [0, 0.1) is 17.7 Å². The van der Waals surface area contributed by atoms with Gasteiger partial charge in [-0.05, 0) is 50.7 Å². The fourth-order valence-corrected chi connectivity index (χ4v) is 2.89. The van der Waals surface area contributed by atoms with Gasteiger partial charge in [0.25, 0.3) is 0 Å². The third-order valence-corrected chi connectivity index (χ3v) is 4.10. The summed E-state index contributed by atoms with van der Waals surface area (Å²) in [6, 6.07) is 4.62. The summed E-state index contributed by atoms with van der Waals surface area (Å²) in [5.41, 5.74) is 3.27. The lowest BCUT2D eigenvalue weighted by Crippen LogP contribution is -2.06. The maximum Gasteiger partial charge on any atom is 0.358 e. The van der Waals surface area contributed by atoms with Gasteiger partial charge in [-0.1, -0.05) is 11.8 Å². The predicted molar refractivity (Wildman–Crippen MR) is 104 cm³/mol. The monoisotopic (exact) mass is 388 g/mol. The number of benzene rings is 1. The van der Waals surface area contributed by atoms with Gasteiger partial charge in [0.15, 0.2) is 17.3 Å². The summed E-state index contributed by atoms with van der Waals surface area (Å²) in [5, 5.41) is 2.90. The van der Waals surface area contributed by atoms with E-state index in [1.165, 1.54) is 17.4 Å². The number of aromatic nitrogens is 1. The number of thiazole rings is 1. The van der Waals surface area contributed by atoms with Crippen LogP contribution in [-0.4, -0.2) is 37.8 Å². The van der Waals surface area contributed by atoms with Crippen LogP contribution in [0.5, 0.6) is 5.75 Å². The number of nitrogens with zero attached hydrogens (tertiary/aromatic N) is 1. The highest BCUT2D eigenvalue weighted by Crippen LogP contribution is 2.21. The number of hydrogen-bond acceptors (Lipinski definition) is 6. The molecule has 27 heavy (non-hydrogen) atoms. The Kier molecular flexibility index (Phi) is 7.99. The van der Waals surface area contributed by atoms with E-state index < -0.39 is 11.8 Å². The van der Waals surface area contributed by atoms with Crippen LogP contribution in [0.25, 0.3) is 6.08 Å². The molecule has 0 spiro atoms. The quantitative estimate of drug-likeness (QED) is 0.581. The van der Waals surface area contributed by atoms with Crippen LogP contribution in [-0.2, 0) is 4.74 Å². The lowest BCUT2D eigenvalue weighted by molar-refractivity contribution is 0.0520. The summed E-state index contributed by atoms with van der Waals surface area (Å²) in [4.78, 5) is 16.6. The standard InChI is InChI=1S/C20H21FN2O3S/c1-4-25-20(24)19-18(27-13-23-19)10-14(2)12-26-17-8-7-15(11-16(17)21)6-5-9-22-3/h7-8,10-11,13,22H,4,9,12H2,1-3H3/b14-10+. The Hall–Kier alpha value is -2.69. The van der Waals surface area contributed by atoms with Gasteiger partial charge in [0.1, 0.15) is 6.61 Å². The second-order valence-electron chi connectivity index (χ2n) is 5.54. The minimum absolute atomic E-state index is 0.150. The molecular weight excluding hydrogens is 367 g/mol. The van der Waals surface area contributed by atoms with E-state index in [0.29, 0.717) is 17.0 Å². The molecule has 0 atom stereocenters. The van der Waals surface area contributed by atoms with E-state index in [0.717, 1.165) is 5.57 Å². The van der Waals surface area contributed by atoms with Crippen LogP contribution in [0.3, 0.4) is 0 Å². The van der Waals surface area contributed by atoms with Crippen molar-refractivity contribution in [1.82, 2.24) is 10.3 Å². The minimum atomic E-state index is -0.468. The summed E-state index contributed by atoms with van der Waals surface area (Å²) in [5.74, 6) is 4.97. The summed E-state index contributed by atoms with van der Waals surface area (Å²) in [6.45, 7) is 4.59. The van der Waals surface area contributed by atoms with Gasteiger partial charge in [-0.25, -0.2) is 14.2 Å². The molecule has 7 heteroatoms. The summed E-state index contributed by atoms with van der Waals surface area (Å²) in [6.07, 6.45) is 1.79. The van der Waals surface area contributed by atoms with Crippen molar-refractivity contribution in [2.75, 3.05) is 26.8 Å². The normalized spacial score (nSPS) is 10.9. The fourth-order valence-electron chi connectivity index (χ4n) is 2.10. The highest BCUT2D eigenvalue weighted by Gasteiger charge is 2.14. The van der Waals surface area contributed by atoms with Crippen LogP contribution >= 0.6 is 11.3 Å². The van der Waals surface area contributed by atoms with Gasteiger partial charge in [-0.3, -0.25) is 0 Å². The largest absolute Gasteiger partial charge is 0.486 e. The minimum Gasteiger partial charge on any atom is -0.486 e. The van der Waals surface area contributed by atoms with Crippen molar-refractivity contribution in [1.29, 1.82) is 0 Å². The molecular formula is C20H21FN2O3S. The number of nitrogens with one attached hydrogen (secondary N) is 1. The number of ether oxygens (including phenoxy) is 2. The molecule has 2 rings (SSSR count). The molecule has 2 aromatic rings. The third-order valence-electron chi connectivity index (χ3n) is 3.33. The fraction of sp³-hybridized carbons (Fsp3) is 0.300. The molecule has 0 aliphatic rings. The molecule has 1 aromatic heterocycles. The summed E-state index contributed by atoms with van der Waals surface area (Å²) < 4.78 is 24.7. The molecule has 1 aromatic carbocycles. The Morgan fingerprint density at radius 2 is 2.26 bits per heavy atom. The molecule has 1 N–H and O–H groups in total. The van der Waals surface area contributed by atoms with Crippen LogP contribution in [0.4, 0.5) is 4.39 Å². The highest BCUT2D eigenvalue weighted by atomic mass is 32.1. The molecule has 0 unspecified atom stereocenters. The average molecular weight is 388 g/mol. The smallest absolute Gasteiger partial charge is 0.358 e. The zero-order chi connectivity index (χ0) is 19.6. The third kappa shape index (κ3) is 6.20. The van der Waals surface area contributed by atoms with E-state index in [1.54, 1.807) is 37.7 Å². The van der Waals surface area contributed by atoms with E-state index >= 15 is 0 Å². The molecule has 0 saturated carbocycles. The van der Waals surface area contributed by atoms with Crippen molar-refractivity contribution in [2.24, 2.45) is 0 Å². The SMILES string of the molecule is CCOC(=O)c1ncsc1/C=C(\C)COc1ccc(C#CCNC)cc1F. The molecule has 1 heterocycles. The summed E-state index contributed by atoms with van der Waals surface area (Å²) in [7, 11) is 1.80. The van der Waals surface area contributed by atoms with E-state index in [2.05, 4.69) is 22.1 Å². The van der Waals surface area contributed by atoms with Crippen LogP contribution in [0.2, 0.25) is 0 Å². The molecule has 0 aliphatic carbocycles. The predicted octanol–water partition coefficient (Wildman–Crippen LogP) is 3.51. The van der Waals surface area contributed by atoms with Crippen molar-refractivity contribution in [3.63, 3.8) is 0 Å². The number of carbonyl (C=O) groups is 1. The van der Waals surface area contributed by atoms with Crippen LogP contribution < -0.4 is 10.1 Å². The molecule has 5 nitrogen and oxygen atoms in total. The maximum absolute atomic E-state index is 14.1. The first-order valence-corrected chi connectivity index (χ1v) is 9.26. The van der Waals surface area contributed by atoms with Crippen molar-refractivity contribution in [2.45, 2.75) is 13.8 Å². The average Bonchev–Trinajstić information content (AvgIpc) is 3.09. The molecule has 0 radical (unpaired) electrons. The first kappa shape index (κ1) is 20.6. The molecule has 0 fully saturated rings. The van der Waals surface area contributed by atoms with Gasteiger partial charge in [-0.15, -0.1) is 11.3 Å². The van der Waals surface area contributed by atoms with Gasteiger partial charge in [-0.2, -0.15) is 0 Å². The number of carbonyl (C=O) groups excluding carboxylic acids is 1. The number of halogens is 1. The van der Waals surface area contributed by atoms with Gasteiger partial charge in [0.05, 0.1) is 23.5 Å². The Labute approximate surface area is 162 Å². The number of rotatable bonds is 7. The second kappa shape index (κ2) is 10.5. The van der Waals surface area contributed by atoms with Gasteiger partial charge in [0, 0.05) is 5.56 Å². The lowest BCUT2D eigenvalue weighted by atomic mass is 10.2. The van der Waals surface area contributed by atoms with Gasteiger partial charge >= 0.3 is 5.97 Å². The number of hydrogen-bond donors (Lipinski definition) is 1. The molecule has 0 aliphatic heterocycles. The zero-order valence-corrected chi connectivity index (χ0v) is 16.3. The Balaban J connectivity index is 2.03. The zero-order valence-electron chi connectivity index (χ0n) is 15.5. The Morgan fingerprint density at radius 1 is 1.44 bits per heavy atom. The lowest BCUT2D eigenvalue weighted by Gasteiger charge is -2.08. The van der Waals surface area contributed by atoms with E-state index in [-0.39, 0.29) is 24.7 Å². The highest BCUT2D eigenvalue weighted by molar-refractivity contribution is 7.10. The molecule has 0 amide bonds. The van der Waals surface area contributed by atoms with Crippen molar-refractivity contribution in [3.05, 3.63) is 51.2 Å². The van der Waals surface area contributed by atoms with Crippen molar-refractivity contribution < 1.29 is 18.7 Å². The summed E-state index contributed by atoms with van der Waals surface area (Å²) >= 11 is 1.33. The van der Waals surface area contributed by atoms with Gasteiger partial charge in [0.2, 0.25) is 0 Å². The molecule has 0 saturated heterocycles. The second-order valence-corrected chi connectivity index (χ2v) is 6.43. The van der Waals surface area contributed by atoms with E-state index in [9.17, 15) is 9.18 Å². The first-order valence-electron chi connectivity index (χ1n) is 8.38. The first-order chi connectivity index (χ1) is 13.0.